The molecule has 2 rings (SSSR count). The lowest BCUT2D eigenvalue weighted by atomic mass is 9.77. The summed E-state index contributed by atoms with van der Waals surface area (Å²) in [7, 11) is 0. The van der Waals surface area contributed by atoms with Crippen molar-refractivity contribution in [2.24, 2.45) is 5.92 Å². The van der Waals surface area contributed by atoms with Crippen molar-refractivity contribution in [1.82, 2.24) is 0 Å². The Morgan fingerprint density at radius 1 is 1.11 bits per heavy atom. The first-order chi connectivity index (χ1) is 9.11. The number of halogens is 1. The second-order valence-electron chi connectivity index (χ2n) is 5.34. The molecule has 0 saturated heterocycles. The van der Waals surface area contributed by atoms with Gasteiger partial charge >= 0.3 is 0 Å². The summed E-state index contributed by atoms with van der Waals surface area (Å²) in [5.74, 6) is 1.26. The molecule has 0 N–H and O–H groups in total. The van der Waals surface area contributed by atoms with Crippen molar-refractivity contribution in [2.45, 2.75) is 38.5 Å². The Hall–Kier alpha value is -0.960. The van der Waals surface area contributed by atoms with E-state index in [9.17, 15) is 9.59 Å². The minimum Gasteiger partial charge on any atom is -0.300 e. The van der Waals surface area contributed by atoms with Crippen molar-refractivity contribution < 1.29 is 9.59 Å². The maximum absolute atomic E-state index is 11.5. The van der Waals surface area contributed by atoms with E-state index in [2.05, 4.69) is 28.1 Å². The molecule has 1 aliphatic rings. The zero-order chi connectivity index (χ0) is 13.8. The summed E-state index contributed by atoms with van der Waals surface area (Å²) in [5, 5.41) is 0.371. The molecule has 3 heteroatoms. The third-order valence-corrected chi connectivity index (χ3v) is 4.64. The second-order valence-corrected chi connectivity index (χ2v) is 5.90. The third-order valence-electron chi connectivity index (χ3n) is 4.13. The van der Waals surface area contributed by atoms with E-state index in [1.54, 1.807) is 6.92 Å². The van der Waals surface area contributed by atoms with Gasteiger partial charge in [-0.25, -0.2) is 0 Å². The Labute approximate surface area is 122 Å². The SMILES string of the molecule is CC(=O)[C@H]1CC[C@H](c2ccc(C(=O)CBr)cc2)CC1. The van der Waals surface area contributed by atoms with Crippen molar-refractivity contribution in [3.8, 4) is 0 Å². The van der Waals surface area contributed by atoms with Crippen LogP contribution in [-0.2, 0) is 4.79 Å². The van der Waals surface area contributed by atoms with Crippen LogP contribution in [0, 0.1) is 5.92 Å². The molecule has 1 fully saturated rings. The average molecular weight is 323 g/mol. The molecular weight excluding hydrogens is 304 g/mol. The van der Waals surface area contributed by atoms with Crippen LogP contribution in [0.15, 0.2) is 24.3 Å². The molecule has 19 heavy (non-hydrogen) atoms. The highest BCUT2D eigenvalue weighted by Gasteiger charge is 2.24. The molecule has 0 bridgehead atoms. The fourth-order valence-corrected chi connectivity index (χ4v) is 3.18. The molecule has 2 nitrogen and oxygen atoms in total. The lowest BCUT2D eigenvalue weighted by molar-refractivity contribution is -0.121. The fourth-order valence-electron chi connectivity index (χ4n) is 2.85. The molecule has 0 amide bonds. The molecule has 1 aromatic rings. The van der Waals surface area contributed by atoms with Gasteiger partial charge < -0.3 is 0 Å². The van der Waals surface area contributed by atoms with E-state index in [1.807, 2.05) is 12.1 Å². The molecule has 1 aromatic carbocycles. The second kappa shape index (κ2) is 6.47. The van der Waals surface area contributed by atoms with Gasteiger partial charge in [0.2, 0.25) is 0 Å². The molecule has 0 aliphatic heterocycles. The highest BCUT2D eigenvalue weighted by molar-refractivity contribution is 9.09. The fraction of sp³-hybridized carbons (Fsp3) is 0.500. The van der Waals surface area contributed by atoms with E-state index in [1.165, 1.54) is 5.56 Å². The standard InChI is InChI=1S/C16H19BrO2/c1-11(18)12-2-4-13(5-3-12)14-6-8-15(9-7-14)16(19)10-17/h6-9,12-13H,2-5,10H2,1H3/t12-,13-. The number of benzene rings is 1. The molecule has 102 valence electrons. The number of ketones is 2. The van der Waals surface area contributed by atoms with E-state index in [0.29, 0.717) is 17.0 Å². The molecule has 1 aliphatic carbocycles. The average Bonchev–Trinajstić information content (AvgIpc) is 2.46. The number of carbonyl (C=O) groups excluding carboxylic acids is 2. The Morgan fingerprint density at radius 2 is 1.68 bits per heavy atom. The number of rotatable bonds is 4. The maximum atomic E-state index is 11.5. The lowest BCUT2D eigenvalue weighted by Crippen LogP contribution is -2.18. The van der Waals surface area contributed by atoms with Crippen LogP contribution in [0.25, 0.3) is 0 Å². The van der Waals surface area contributed by atoms with Crippen LogP contribution in [0.5, 0.6) is 0 Å². The predicted molar refractivity (Wildman–Crippen MR) is 79.9 cm³/mol. The van der Waals surface area contributed by atoms with Crippen LogP contribution in [0.3, 0.4) is 0 Å². The van der Waals surface area contributed by atoms with Crippen LogP contribution in [0.4, 0.5) is 0 Å². The number of Topliss-reactive ketones (excluding diaryl/α,β-unsaturated/α-hetero) is 2. The molecule has 0 atom stereocenters. The smallest absolute Gasteiger partial charge is 0.173 e. The quantitative estimate of drug-likeness (QED) is 0.617. The number of carbonyl (C=O) groups is 2. The zero-order valence-electron chi connectivity index (χ0n) is 11.2. The van der Waals surface area contributed by atoms with Gasteiger partial charge in [-0.05, 0) is 44.1 Å². The van der Waals surface area contributed by atoms with Crippen LogP contribution < -0.4 is 0 Å². The van der Waals surface area contributed by atoms with Crippen molar-refractivity contribution in [3.05, 3.63) is 35.4 Å². The summed E-state index contributed by atoms with van der Waals surface area (Å²) < 4.78 is 0. The predicted octanol–water partition coefficient (Wildman–Crippen LogP) is 4.13. The largest absolute Gasteiger partial charge is 0.300 e. The first-order valence-electron chi connectivity index (χ1n) is 6.81. The first-order valence-corrected chi connectivity index (χ1v) is 7.93. The van der Waals surface area contributed by atoms with Gasteiger partial charge in [0.25, 0.3) is 0 Å². The number of alkyl halides is 1. The van der Waals surface area contributed by atoms with Gasteiger partial charge in [0, 0.05) is 11.5 Å². The molecular formula is C16H19BrO2. The number of hydrogen-bond acceptors (Lipinski definition) is 2. The van der Waals surface area contributed by atoms with E-state index in [-0.39, 0.29) is 11.7 Å². The van der Waals surface area contributed by atoms with Gasteiger partial charge in [0.1, 0.15) is 5.78 Å². The molecule has 0 radical (unpaired) electrons. The summed E-state index contributed by atoms with van der Waals surface area (Å²) >= 11 is 3.19. The molecule has 0 spiro atoms. The molecule has 0 unspecified atom stereocenters. The summed E-state index contributed by atoms with van der Waals surface area (Å²) in [5.41, 5.74) is 2.06. The zero-order valence-corrected chi connectivity index (χ0v) is 12.8. The van der Waals surface area contributed by atoms with Crippen LogP contribution in [-0.4, -0.2) is 16.9 Å². The van der Waals surface area contributed by atoms with Gasteiger partial charge in [-0.15, -0.1) is 0 Å². The van der Waals surface area contributed by atoms with E-state index in [4.69, 9.17) is 0 Å². The first kappa shape index (κ1) is 14.4. The van der Waals surface area contributed by atoms with Gasteiger partial charge in [-0.3, -0.25) is 9.59 Å². The van der Waals surface area contributed by atoms with Gasteiger partial charge in [-0.2, -0.15) is 0 Å². The highest BCUT2D eigenvalue weighted by Crippen LogP contribution is 2.36. The summed E-state index contributed by atoms with van der Waals surface area (Å²) in [4.78, 5) is 22.9. The van der Waals surface area contributed by atoms with Gasteiger partial charge in [0.15, 0.2) is 5.78 Å². The summed E-state index contributed by atoms with van der Waals surface area (Å²) in [6.45, 7) is 1.70. The monoisotopic (exact) mass is 322 g/mol. The minimum atomic E-state index is 0.117. The van der Waals surface area contributed by atoms with Crippen molar-refractivity contribution in [3.63, 3.8) is 0 Å². The Bertz CT molecular complexity index is 456. The third kappa shape index (κ3) is 3.53. The molecule has 0 aromatic heterocycles. The highest BCUT2D eigenvalue weighted by atomic mass is 79.9. The Balaban J connectivity index is 2.00. The topological polar surface area (TPSA) is 34.1 Å². The molecule has 0 heterocycles. The Kier molecular flexibility index (Phi) is 4.92. The number of hydrogen-bond donors (Lipinski definition) is 0. The molecule has 1 saturated carbocycles. The lowest BCUT2D eigenvalue weighted by Gasteiger charge is -2.27. The maximum Gasteiger partial charge on any atom is 0.173 e. The van der Waals surface area contributed by atoms with Crippen LogP contribution in [0.2, 0.25) is 0 Å². The minimum absolute atomic E-state index is 0.117. The van der Waals surface area contributed by atoms with E-state index in [0.717, 1.165) is 31.2 Å². The van der Waals surface area contributed by atoms with Gasteiger partial charge in [0.05, 0.1) is 5.33 Å². The van der Waals surface area contributed by atoms with E-state index < -0.39 is 0 Å². The van der Waals surface area contributed by atoms with Crippen molar-refractivity contribution in [2.75, 3.05) is 5.33 Å². The summed E-state index contributed by atoms with van der Waals surface area (Å²) in [6, 6.07) is 7.95. The van der Waals surface area contributed by atoms with E-state index >= 15 is 0 Å². The normalized spacial score (nSPS) is 23.1. The van der Waals surface area contributed by atoms with Gasteiger partial charge in [-0.1, -0.05) is 40.2 Å². The van der Waals surface area contributed by atoms with Crippen LogP contribution >= 0.6 is 15.9 Å². The van der Waals surface area contributed by atoms with Crippen molar-refractivity contribution in [1.29, 1.82) is 0 Å². The van der Waals surface area contributed by atoms with Crippen molar-refractivity contribution >= 4 is 27.5 Å². The summed E-state index contributed by atoms with van der Waals surface area (Å²) in [6.07, 6.45) is 4.16. The van der Waals surface area contributed by atoms with Crippen LogP contribution in [0.1, 0.15) is 54.4 Å². The Morgan fingerprint density at radius 3 is 2.16 bits per heavy atom.